The summed E-state index contributed by atoms with van der Waals surface area (Å²) >= 11 is 0. The number of para-hydroxylation sites is 1. The number of H-pyrrole nitrogens is 1. The van der Waals surface area contributed by atoms with Crippen LogP contribution in [-0.2, 0) is 0 Å². The van der Waals surface area contributed by atoms with Crippen LogP contribution < -0.4 is 0 Å². The molecular formula is C12H10N2O. The highest BCUT2D eigenvalue weighted by molar-refractivity contribution is 6.09. The average molecular weight is 198 g/mol. The first kappa shape index (κ1) is 8.29. The van der Waals surface area contributed by atoms with Gasteiger partial charge in [-0.2, -0.15) is 0 Å². The van der Waals surface area contributed by atoms with Gasteiger partial charge < -0.3 is 10.1 Å². The lowest BCUT2D eigenvalue weighted by Gasteiger charge is -1.93. The number of hydrogen-bond acceptors (Lipinski definition) is 2. The van der Waals surface area contributed by atoms with Gasteiger partial charge in [-0.25, -0.2) is 0 Å². The summed E-state index contributed by atoms with van der Waals surface area (Å²) < 4.78 is 0. The Morgan fingerprint density at radius 2 is 1.93 bits per heavy atom. The maximum absolute atomic E-state index is 9.71. The SMILES string of the molecule is Cc1nccc2c1[nH]c1c(O)cccc12. The Kier molecular flexibility index (Phi) is 1.51. The molecule has 0 fully saturated rings. The quantitative estimate of drug-likeness (QED) is 0.583. The van der Waals surface area contributed by atoms with Gasteiger partial charge >= 0.3 is 0 Å². The topological polar surface area (TPSA) is 48.9 Å². The van der Waals surface area contributed by atoms with Gasteiger partial charge in [0, 0.05) is 17.0 Å². The van der Waals surface area contributed by atoms with Crippen molar-refractivity contribution < 1.29 is 5.11 Å². The molecule has 0 spiro atoms. The summed E-state index contributed by atoms with van der Waals surface area (Å²) in [7, 11) is 0. The van der Waals surface area contributed by atoms with Gasteiger partial charge in [-0.15, -0.1) is 0 Å². The molecule has 0 aliphatic carbocycles. The molecule has 2 N–H and O–H groups in total. The van der Waals surface area contributed by atoms with Gasteiger partial charge in [0.1, 0.15) is 5.75 Å². The summed E-state index contributed by atoms with van der Waals surface area (Å²) in [4.78, 5) is 7.42. The van der Waals surface area contributed by atoms with E-state index in [1.165, 1.54) is 0 Å². The number of benzene rings is 1. The molecule has 3 aromatic rings. The molecule has 2 aromatic heterocycles. The van der Waals surface area contributed by atoms with E-state index in [0.717, 1.165) is 27.5 Å². The highest BCUT2D eigenvalue weighted by Crippen LogP contribution is 2.31. The number of aromatic nitrogens is 2. The minimum Gasteiger partial charge on any atom is -0.506 e. The molecule has 1 aromatic carbocycles. The summed E-state index contributed by atoms with van der Waals surface area (Å²) in [6.45, 7) is 1.95. The zero-order chi connectivity index (χ0) is 10.4. The van der Waals surface area contributed by atoms with Crippen molar-refractivity contribution in [2.45, 2.75) is 6.92 Å². The van der Waals surface area contributed by atoms with E-state index in [2.05, 4.69) is 9.97 Å². The van der Waals surface area contributed by atoms with Crippen LogP contribution >= 0.6 is 0 Å². The normalized spacial score (nSPS) is 11.3. The first-order chi connectivity index (χ1) is 7.27. The molecule has 2 heterocycles. The third kappa shape index (κ3) is 1.03. The van der Waals surface area contributed by atoms with Crippen molar-refractivity contribution in [1.82, 2.24) is 9.97 Å². The van der Waals surface area contributed by atoms with Crippen LogP contribution in [0.25, 0.3) is 21.8 Å². The van der Waals surface area contributed by atoms with Gasteiger partial charge in [0.25, 0.3) is 0 Å². The van der Waals surface area contributed by atoms with E-state index in [1.807, 2.05) is 25.1 Å². The van der Waals surface area contributed by atoms with Gasteiger partial charge in [0.15, 0.2) is 0 Å². The van der Waals surface area contributed by atoms with Gasteiger partial charge in [-0.1, -0.05) is 12.1 Å². The second-order valence-corrected chi connectivity index (χ2v) is 3.64. The van der Waals surface area contributed by atoms with Crippen molar-refractivity contribution in [2.24, 2.45) is 0 Å². The second-order valence-electron chi connectivity index (χ2n) is 3.64. The number of aromatic hydroxyl groups is 1. The number of phenolic OH excluding ortho intramolecular Hbond substituents is 1. The van der Waals surface area contributed by atoms with Gasteiger partial charge in [0.2, 0.25) is 0 Å². The zero-order valence-corrected chi connectivity index (χ0v) is 8.28. The van der Waals surface area contributed by atoms with Crippen molar-refractivity contribution in [2.75, 3.05) is 0 Å². The Hall–Kier alpha value is -2.03. The van der Waals surface area contributed by atoms with E-state index in [4.69, 9.17) is 0 Å². The maximum Gasteiger partial charge on any atom is 0.139 e. The van der Waals surface area contributed by atoms with Crippen LogP contribution in [0, 0.1) is 6.92 Å². The lowest BCUT2D eigenvalue weighted by Crippen LogP contribution is -1.80. The van der Waals surface area contributed by atoms with Crippen LogP contribution in [0.3, 0.4) is 0 Å². The molecule has 74 valence electrons. The van der Waals surface area contributed by atoms with Crippen molar-refractivity contribution in [3.8, 4) is 5.75 Å². The Morgan fingerprint density at radius 3 is 2.80 bits per heavy atom. The monoisotopic (exact) mass is 198 g/mol. The van der Waals surface area contributed by atoms with Crippen LogP contribution in [0.4, 0.5) is 0 Å². The molecule has 0 bridgehead atoms. The van der Waals surface area contributed by atoms with Crippen LogP contribution in [0.1, 0.15) is 5.69 Å². The molecular weight excluding hydrogens is 188 g/mol. The van der Waals surface area contributed by atoms with E-state index in [0.29, 0.717) is 0 Å². The maximum atomic E-state index is 9.71. The minimum atomic E-state index is 0.281. The molecule has 3 nitrogen and oxygen atoms in total. The lowest BCUT2D eigenvalue weighted by molar-refractivity contribution is 0.480. The van der Waals surface area contributed by atoms with Crippen molar-refractivity contribution in [3.63, 3.8) is 0 Å². The lowest BCUT2D eigenvalue weighted by atomic mass is 10.1. The fraction of sp³-hybridized carbons (Fsp3) is 0.0833. The Morgan fingerprint density at radius 1 is 1.13 bits per heavy atom. The predicted octanol–water partition coefficient (Wildman–Crippen LogP) is 2.73. The van der Waals surface area contributed by atoms with Crippen molar-refractivity contribution in [3.05, 3.63) is 36.2 Å². The fourth-order valence-electron chi connectivity index (χ4n) is 1.97. The highest BCUT2D eigenvalue weighted by Gasteiger charge is 2.08. The average Bonchev–Trinajstić information content (AvgIpc) is 2.60. The van der Waals surface area contributed by atoms with Crippen LogP contribution in [0.5, 0.6) is 5.75 Å². The Labute approximate surface area is 86.4 Å². The largest absolute Gasteiger partial charge is 0.506 e. The summed E-state index contributed by atoms with van der Waals surface area (Å²) in [5, 5.41) is 11.9. The van der Waals surface area contributed by atoms with Gasteiger partial charge in [-0.05, 0) is 19.1 Å². The summed E-state index contributed by atoms with van der Waals surface area (Å²) in [5.74, 6) is 0.281. The Bertz CT molecular complexity index is 599. The molecule has 15 heavy (non-hydrogen) atoms. The number of aryl methyl sites for hydroxylation is 1. The molecule has 0 unspecified atom stereocenters. The molecule has 3 heteroatoms. The number of nitrogens with zero attached hydrogens (tertiary/aromatic N) is 1. The number of phenols is 1. The zero-order valence-electron chi connectivity index (χ0n) is 8.28. The van der Waals surface area contributed by atoms with E-state index >= 15 is 0 Å². The number of rotatable bonds is 0. The van der Waals surface area contributed by atoms with E-state index in [9.17, 15) is 5.11 Å². The highest BCUT2D eigenvalue weighted by atomic mass is 16.3. The molecule has 0 saturated carbocycles. The molecule has 0 saturated heterocycles. The predicted molar refractivity (Wildman–Crippen MR) is 60.0 cm³/mol. The van der Waals surface area contributed by atoms with E-state index < -0.39 is 0 Å². The number of pyridine rings is 1. The van der Waals surface area contributed by atoms with Crippen molar-refractivity contribution in [1.29, 1.82) is 0 Å². The molecule has 0 aliphatic heterocycles. The van der Waals surface area contributed by atoms with Crippen molar-refractivity contribution >= 4 is 21.8 Å². The standard InChI is InChI=1S/C12H10N2O/c1-7-11-9(5-6-13-7)8-3-2-4-10(15)12(8)14-11/h2-6,14-15H,1H3. The van der Waals surface area contributed by atoms with Crippen LogP contribution in [0.15, 0.2) is 30.5 Å². The second kappa shape index (κ2) is 2.73. The molecule has 0 radical (unpaired) electrons. The van der Waals surface area contributed by atoms with E-state index in [-0.39, 0.29) is 5.75 Å². The number of nitrogens with one attached hydrogen (secondary N) is 1. The summed E-state index contributed by atoms with van der Waals surface area (Å²) in [6, 6.07) is 7.48. The van der Waals surface area contributed by atoms with Gasteiger partial charge in [-0.3, -0.25) is 4.98 Å². The van der Waals surface area contributed by atoms with E-state index in [1.54, 1.807) is 12.3 Å². The summed E-state index contributed by atoms with van der Waals surface area (Å²) in [6.07, 6.45) is 1.79. The summed E-state index contributed by atoms with van der Waals surface area (Å²) in [5.41, 5.74) is 2.72. The number of aromatic amines is 1. The number of hydrogen-bond donors (Lipinski definition) is 2. The smallest absolute Gasteiger partial charge is 0.139 e. The minimum absolute atomic E-state index is 0.281. The van der Waals surface area contributed by atoms with Crippen LogP contribution in [0.2, 0.25) is 0 Å². The molecule has 3 rings (SSSR count). The Balaban J connectivity index is 2.63. The fourth-order valence-corrected chi connectivity index (χ4v) is 1.97. The van der Waals surface area contributed by atoms with Gasteiger partial charge in [0.05, 0.1) is 16.7 Å². The molecule has 0 atom stereocenters. The number of fused-ring (bicyclic) bond motifs is 3. The molecule has 0 aliphatic rings. The van der Waals surface area contributed by atoms with Crippen LogP contribution in [-0.4, -0.2) is 15.1 Å². The molecule has 0 amide bonds. The third-order valence-corrected chi connectivity index (χ3v) is 2.72. The third-order valence-electron chi connectivity index (χ3n) is 2.72. The first-order valence-corrected chi connectivity index (χ1v) is 4.82. The first-order valence-electron chi connectivity index (χ1n) is 4.82.